The third-order valence-corrected chi connectivity index (χ3v) is 5.53. The molecule has 0 aliphatic carbocycles. The van der Waals surface area contributed by atoms with Gasteiger partial charge in [0, 0.05) is 6.42 Å². The van der Waals surface area contributed by atoms with Crippen molar-refractivity contribution in [3.05, 3.63) is 65.2 Å². The van der Waals surface area contributed by atoms with Crippen LogP contribution in [0.4, 0.5) is 0 Å². The number of amides is 1. The highest BCUT2D eigenvalue weighted by Gasteiger charge is 2.12. The highest BCUT2D eigenvalue weighted by atomic mass is 32.2. The molecule has 0 saturated heterocycles. The van der Waals surface area contributed by atoms with Gasteiger partial charge in [-0.05, 0) is 50.6 Å². The van der Waals surface area contributed by atoms with E-state index >= 15 is 0 Å². The standard InChI is InChI=1S/C19H24N2O3S/c1-14-4-9-17(10-5-14)15(2)21-19(22)13-8-16-6-11-18(12-7-16)25(23,24)20-3/h4-7,9-12,15,20H,8,13H2,1-3H3,(H,21,22). The molecule has 1 unspecified atom stereocenters. The molecule has 1 atom stereocenters. The topological polar surface area (TPSA) is 75.3 Å². The van der Waals surface area contributed by atoms with Gasteiger partial charge in [0.05, 0.1) is 10.9 Å². The van der Waals surface area contributed by atoms with Crippen molar-refractivity contribution in [2.45, 2.75) is 37.6 Å². The lowest BCUT2D eigenvalue weighted by Gasteiger charge is -2.14. The average Bonchev–Trinajstić information content (AvgIpc) is 2.61. The van der Waals surface area contributed by atoms with Gasteiger partial charge in [0.15, 0.2) is 0 Å². The largest absolute Gasteiger partial charge is 0.350 e. The Morgan fingerprint density at radius 3 is 2.20 bits per heavy atom. The highest BCUT2D eigenvalue weighted by Crippen LogP contribution is 2.14. The van der Waals surface area contributed by atoms with Crippen molar-refractivity contribution in [1.82, 2.24) is 10.0 Å². The number of rotatable bonds is 7. The number of hydrogen-bond donors (Lipinski definition) is 2. The summed E-state index contributed by atoms with van der Waals surface area (Å²) in [5.41, 5.74) is 3.18. The molecule has 0 bridgehead atoms. The number of hydrogen-bond acceptors (Lipinski definition) is 3. The fourth-order valence-corrected chi connectivity index (χ4v) is 3.19. The zero-order chi connectivity index (χ0) is 18.4. The summed E-state index contributed by atoms with van der Waals surface area (Å²) in [5.74, 6) is -0.0278. The van der Waals surface area contributed by atoms with Gasteiger partial charge in [-0.3, -0.25) is 4.79 Å². The number of benzene rings is 2. The summed E-state index contributed by atoms with van der Waals surface area (Å²) in [7, 11) is -2.05. The Bertz CT molecular complexity index is 813. The molecular weight excluding hydrogens is 336 g/mol. The Balaban J connectivity index is 1.88. The minimum atomic E-state index is -3.43. The molecule has 2 rings (SSSR count). The van der Waals surface area contributed by atoms with Crippen molar-refractivity contribution in [3.8, 4) is 0 Å². The monoisotopic (exact) mass is 360 g/mol. The Morgan fingerprint density at radius 1 is 1.04 bits per heavy atom. The molecule has 0 heterocycles. The zero-order valence-electron chi connectivity index (χ0n) is 14.7. The molecule has 0 saturated carbocycles. The van der Waals surface area contributed by atoms with Crippen LogP contribution in [0.1, 0.15) is 36.1 Å². The van der Waals surface area contributed by atoms with Crippen molar-refractivity contribution < 1.29 is 13.2 Å². The summed E-state index contributed by atoms with van der Waals surface area (Å²) in [4.78, 5) is 12.3. The first-order valence-electron chi connectivity index (χ1n) is 8.20. The fraction of sp³-hybridized carbons (Fsp3) is 0.316. The van der Waals surface area contributed by atoms with Gasteiger partial charge in [-0.2, -0.15) is 0 Å². The molecule has 2 N–H and O–H groups in total. The molecule has 0 radical (unpaired) electrons. The number of carbonyl (C=O) groups is 1. The molecular formula is C19H24N2O3S. The summed E-state index contributed by atoms with van der Waals surface area (Å²) in [6, 6.07) is 14.6. The number of aryl methyl sites for hydroxylation is 2. The second-order valence-corrected chi connectivity index (χ2v) is 7.94. The molecule has 0 aliphatic rings. The maximum atomic E-state index is 12.1. The minimum Gasteiger partial charge on any atom is -0.350 e. The molecule has 0 aliphatic heterocycles. The van der Waals surface area contributed by atoms with Crippen LogP contribution in [0.25, 0.3) is 0 Å². The van der Waals surface area contributed by atoms with Gasteiger partial charge in [-0.1, -0.05) is 42.0 Å². The summed E-state index contributed by atoms with van der Waals surface area (Å²) in [5, 5.41) is 2.99. The molecule has 0 aromatic heterocycles. The van der Waals surface area contributed by atoms with Crippen LogP contribution in [-0.2, 0) is 21.2 Å². The SMILES string of the molecule is CNS(=O)(=O)c1ccc(CCC(=O)NC(C)c2ccc(C)cc2)cc1. The van der Waals surface area contributed by atoms with Gasteiger partial charge in [0.25, 0.3) is 0 Å². The van der Waals surface area contributed by atoms with E-state index in [9.17, 15) is 13.2 Å². The van der Waals surface area contributed by atoms with Gasteiger partial charge in [0.2, 0.25) is 15.9 Å². The van der Waals surface area contributed by atoms with E-state index in [-0.39, 0.29) is 16.8 Å². The third kappa shape index (κ3) is 5.41. The smallest absolute Gasteiger partial charge is 0.240 e. The minimum absolute atomic E-state index is 0.0278. The summed E-state index contributed by atoms with van der Waals surface area (Å²) >= 11 is 0. The van der Waals surface area contributed by atoms with Crippen LogP contribution in [0, 0.1) is 6.92 Å². The lowest BCUT2D eigenvalue weighted by molar-refractivity contribution is -0.121. The molecule has 0 fully saturated rings. The van der Waals surface area contributed by atoms with E-state index in [2.05, 4.69) is 10.0 Å². The number of carbonyl (C=O) groups excluding carboxylic acids is 1. The van der Waals surface area contributed by atoms with Gasteiger partial charge < -0.3 is 5.32 Å². The first-order chi connectivity index (χ1) is 11.8. The van der Waals surface area contributed by atoms with E-state index in [0.717, 1.165) is 11.1 Å². The van der Waals surface area contributed by atoms with Crippen molar-refractivity contribution in [2.24, 2.45) is 0 Å². The molecule has 2 aromatic carbocycles. The molecule has 0 spiro atoms. The van der Waals surface area contributed by atoms with Crippen molar-refractivity contribution >= 4 is 15.9 Å². The van der Waals surface area contributed by atoms with E-state index in [1.54, 1.807) is 24.3 Å². The average molecular weight is 360 g/mol. The van der Waals surface area contributed by atoms with Crippen LogP contribution in [0.2, 0.25) is 0 Å². The van der Waals surface area contributed by atoms with E-state index < -0.39 is 10.0 Å². The van der Waals surface area contributed by atoms with Crippen LogP contribution in [0.3, 0.4) is 0 Å². The van der Waals surface area contributed by atoms with Gasteiger partial charge in [0.1, 0.15) is 0 Å². The van der Waals surface area contributed by atoms with E-state index in [1.165, 1.54) is 12.6 Å². The fourth-order valence-electron chi connectivity index (χ4n) is 2.46. The predicted octanol–water partition coefficient (Wildman–Crippen LogP) is 2.71. The second-order valence-electron chi connectivity index (χ2n) is 6.05. The number of nitrogens with one attached hydrogen (secondary N) is 2. The van der Waals surface area contributed by atoms with Crippen LogP contribution in [-0.4, -0.2) is 21.4 Å². The first kappa shape index (κ1) is 19.1. The van der Waals surface area contributed by atoms with Crippen molar-refractivity contribution in [2.75, 3.05) is 7.05 Å². The molecule has 2 aromatic rings. The van der Waals surface area contributed by atoms with Gasteiger partial charge >= 0.3 is 0 Å². The molecule has 5 nitrogen and oxygen atoms in total. The summed E-state index contributed by atoms with van der Waals surface area (Å²) < 4.78 is 25.6. The zero-order valence-corrected chi connectivity index (χ0v) is 15.6. The Labute approximate surface area is 149 Å². The molecule has 134 valence electrons. The Hall–Kier alpha value is -2.18. The van der Waals surface area contributed by atoms with Crippen molar-refractivity contribution in [1.29, 1.82) is 0 Å². The van der Waals surface area contributed by atoms with Gasteiger partial charge in [-0.15, -0.1) is 0 Å². The normalized spacial score (nSPS) is 12.6. The maximum Gasteiger partial charge on any atom is 0.240 e. The molecule has 1 amide bonds. The molecule has 6 heteroatoms. The first-order valence-corrected chi connectivity index (χ1v) is 9.68. The highest BCUT2D eigenvalue weighted by molar-refractivity contribution is 7.89. The maximum absolute atomic E-state index is 12.1. The van der Waals surface area contributed by atoms with E-state index in [4.69, 9.17) is 0 Å². The Kier molecular flexibility index (Phi) is 6.33. The van der Waals surface area contributed by atoms with Crippen LogP contribution >= 0.6 is 0 Å². The van der Waals surface area contributed by atoms with E-state index in [1.807, 2.05) is 38.1 Å². The van der Waals surface area contributed by atoms with Crippen molar-refractivity contribution in [3.63, 3.8) is 0 Å². The quantitative estimate of drug-likeness (QED) is 0.797. The third-order valence-electron chi connectivity index (χ3n) is 4.10. The Morgan fingerprint density at radius 2 is 1.64 bits per heavy atom. The van der Waals surface area contributed by atoms with E-state index in [0.29, 0.717) is 12.8 Å². The summed E-state index contributed by atoms with van der Waals surface area (Å²) in [6.45, 7) is 3.99. The summed E-state index contributed by atoms with van der Waals surface area (Å²) in [6.07, 6.45) is 0.917. The van der Waals surface area contributed by atoms with Gasteiger partial charge in [-0.25, -0.2) is 13.1 Å². The number of sulfonamides is 1. The lowest BCUT2D eigenvalue weighted by Crippen LogP contribution is -2.26. The van der Waals surface area contributed by atoms with Crippen LogP contribution < -0.4 is 10.0 Å². The lowest BCUT2D eigenvalue weighted by atomic mass is 10.1. The van der Waals surface area contributed by atoms with Crippen LogP contribution in [0.15, 0.2) is 53.4 Å². The predicted molar refractivity (Wildman–Crippen MR) is 98.7 cm³/mol. The molecule has 25 heavy (non-hydrogen) atoms. The van der Waals surface area contributed by atoms with Crippen LogP contribution in [0.5, 0.6) is 0 Å². The second kappa shape index (κ2) is 8.27.